The van der Waals surface area contributed by atoms with Gasteiger partial charge in [-0.05, 0) is 49.1 Å². The minimum Gasteiger partial charge on any atom is -0.371 e. The highest BCUT2D eigenvalue weighted by molar-refractivity contribution is 7.81. The molecule has 1 aliphatic heterocycles. The number of nitro groups is 1. The van der Waals surface area contributed by atoms with Gasteiger partial charge in [0.05, 0.1) is 4.92 Å². The van der Waals surface area contributed by atoms with Crippen LogP contribution >= 0.6 is 23.8 Å². The predicted octanol–water partition coefficient (Wildman–Crippen LogP) is 5.27. The number of halogens is 1. The van der Waals surface area contributed by atoms with Gasteiger partial charge in [-0.15, -0.1) is 0 Å². The maximum absolute atomic E-state index is 11.2. The van der Waals surface area contributed by atoms with E-state index in [2.05, 4.69) is 17.1 Å². The topological polar surface area (TPSA) is 58.4 Å². The first kappa shape index (κ1) is 18.6. The van der Waals surface area contributed by atoms with Crippen LogP contribution < -0.4 is 10.2 Å². The van der Waals surface area contributed by atoms with E-state index in [4.69, 9.17) is 23.8 Å². The van der Waals surface area contributed by atoms with E-state index in [1.807, 2.05) is 12.1 Å². The highest BCUT2D eigenvalue weighted by Crippen LogP contribution is 2.30. The number of benzene rings is 2. The van der Waals surface area contributed by atoms with Gasteiger partial charge in [-0.3, -0.25) is 10.1 Å². The van der Waals surface area contributed by atoms with Crippen LogP contribution in [-0.2, 0) is 0 Å². The van der Waals surface area contributed by atoms with Gasteiger partial charge in [-0.2, -0.15) is 0 Å². The molecule has 0 amide bonds. The fourth-order valence-corrected chi connectivity index (χ4v) is 3.48. The Labute approximate surface area is 163 Å². The minimum absolute atomic E-state index is 0.0365. The van der Waals surface area contributed by atoms with E-state index >= 15 is 0 Å². The van der Waals surface area contributed by atoms with Crippen molar-refractivity contribution < 1.29 is 4.92 Å². The molecule has 1 saturated heterocycles. The lowest BCUT2D eigenvalue weighted by molar-refractivity contribution is -0.384. The van der Waals surface area contributed by atoms with E-state index in [-0.39, 0.29) is 5.69 Å². The summed E-state index contributed by atoms with van der Waals surface area (Å²) in [5, 5.41) is 15.0. The van der Waals surface area contributed by atoms with E-state index in [9.17, 15) is 10.1 Å². The molecule has 0 aromatic heterocycles. The Hall–Kier alpha value is -2.18. The highest BCUT2D eigenvalue weighted by atomic mass is 35.5. The van der Waals surface area contributed by atoms with Gasteiger partial charge in [0.15, 0.2) is 0 Å². The first-order valence-electron chi connectivity index (χ1n) is 8.54. The number of nitrogens with zero attached hydrogens (tertiary/aromatic N) is 2. The molecule has 1 N–H and O–H groups in total. The molecule has 0 bridgehead atoms. The van der Waals surface area contributed by atoms with Gasteiger partial charge in [0, 0.05) is 47.2 Å². The second-order valence-corrected chi connectivity index (χ2v) is 7.43. The Balaban J connectivity index is 1.91. The van der Waals surface area contributed by atoms with Gasteiger partial charge in [0.25, 0.3) is 5.69 Å². The molecule has 1 fully saturated rings. The van der Waals surface area contributed by atoms with Crippen LogP contribution in [0.15, 0.2) is 42.5 Å². The van der Waals surface area contributed by atoms with Crippen LogP contribution in [0.4, 0.5) is 17.1 Å². The highest BCUT2D eigenvalue weighted by Gasteiger charge is 2.22. The first-order valence-corrected chi connectivity index (χ1v) is 9.33. The van der Waals surface area contributed by atoms with Gasteiger partial charge < -0.3 is 10.2 Å². The molecule has 1 heterocycles. The van der Waals surface area contributed by atoms with Crippen LogP contribution in [0.3, 0.4) is 0 Å². The van der Waals surface area contributed by atoms with Crippen LogP contribution in [0.2, 0.25) is 5.02 Å². The second kappa shape index (κ2) is 8.01. The number of non-ortho nitro benzene ring substituents is 1. The molecule has 2 aromatic carbocycles. The fourth-order valence-electron chi connectivity index (χ4n) is 3.08. The number of anilines is 2. The number of hydrogen-bond acceptors (Lipinski definition) is 4. The summed E-state index contributed by atoms with van der Waals surface area (Å²) < 4.78 is 0. The van der Waals surface area contributed by atoms with Crippen molar-refractivity contribution in [1.29, 1.82) is 0 Å². The molecule has 2 aromatic rings. The number of rotatable bonds is 4. The summed E-state index contributed by atoms with van der Waals surface area (Å²) in [6.45, 7) is 4.10. The zero-order valence-electron chi connectivity index (χ0n) is 14.4. The van der Waals surface area contributed by atoms with Crippen molar-refractivity contribution in [1.82, 2.24) is 0 Å². The largest absolute Gasteiger partial charge is 0.371 e. The summed E-state index contributed by atoms with van der Waals surface area (Å²) in [5.74, 6) is 0.701. The average Bonchev–Trinajstić information content (AvgIpc) is 2.63. The van der Waals surface area contributed by atoms with Gasteiger partial charge >= 0.3 is 0 Å². The van der Waals surface area contributed by atoms with Gasteiger partial charge in [0.2, 0.25) is 0 Å². The lowest BCUT2D eigenvalue weighted by atomic mass is 9.98. The summed E-state index contributed by atoms with van der Waals surface area (Å²) >= 11 is 11.5. The molecule has 1 aliphatic rings. The summed E-state index contributed by atoms with van der Waals surface area (Å²) in [6, 6.07) is 12.1. The number of nitro benzene ring substituents is 1. The molecule has 0 spiro atoms. The molecule has 0 saturated carbocycles. The molecule has 3 rings (SSSR count). The lowest BCUT2D eigenvalue weighted by Gasteiger charge is -2.33. The summed E-state index contributed by atoms with van der Waals surface area (Å²) in [5.41, 5.74) is 2.45. The maximum atomic E-state index is 11.2. The summed E-state index contributed by atoms with van der Waals surface area (Å²) in [7, 11) is 0. The van der Waals surface area contributed by atoms with Crippen LogP contribution in [0.1, 0.15) is 25.3 Å². The summed E-state index contributed by atoms with van der Waals surface area (Å²) in [6.07, 6.45) is 2.21. The van der Waals surface area contributed by atoms with Crippen molar-refractivity contribution in [3.05, 3.63) is 63.2 Å². The lowest BCUT2D eigenvalue weighted by Crippen LogP contribution is -2.34. The van der Waals surface area contributed by atoms with Gasteiger partial charge in [0.1, 0.15) is 4.99 Å². The number of nitrogens with one attached hydrogen (secondary N) is 1. The van der Waals surface area contributed by atoms with Crippen molar-refractivity contribution in [2.24, 2.45) is 5.92 Å². The Morgan fingerprint density at radius 1 is 1.23 bits per heavy atom. The van der Waals surface area contributed by atoms with E-state index in [1.54, 1.807) is 30.3 Å². The van der Waals surface area contributed by atoms with Gasteiger partial charge in [-0.1, -0.05) is 30.7 Å². The Morgan fingerprint density at radius 3 is 2.50 bits per heavy atom. The minimum atomic E-state index is -0.392. The van der Waals surface area contributed by atoms with Crippen molar-refractivity contribution in [3.63, 3.8) is 0 Å². The molecular formula is C19H20ClN3O2S. The van der Waals surface area contributed by atoms with Crippen molar-refractivity contribution in [2.75, 3.05) is 23.3 Å². The maximum Gasteiger partial charge on any atom is 0.270 e. The van der Waals surface area contributed by atoms with E-state index in [0.717, 1.165) is 37.3 Å². The molecule has 26 heavy (non-hydrogen) atoms. The predicted molar refractivity (Wildman–Crippen MR) is 110 cm³/mol. The fraction of sp³-hybridized carbons (Fsp3) is 0.316. The van der Waals surface area contributed by atoms with Crippen LogP contribution in [0.5, 0.6) is 0 Å². The third-order valence-electron chi connectivity index (χ3n) is 4.66. The monoisotopic (exact) mass is 389 g/mol. The van der Waals surface area contributed by atoms with Gasteiger partial charge in [-0.25, -0.2) is 0 Å². The normalized spacial score (nSPS) is 14.9. The molecule has 0 atom stereocenters. The van der Waals surface area contributed by atoms with Crippen molar-refractivity contribution in [2.45, 2.75) is 19.8 Å². The Morgan fingerprint density at radius 2 is 1.88 bits per heavy atom. The first-order chi connectivity index (χ1) is 12.4. The molecule has 5 nitrogen and oxygen atoms in total. The second-order valence-electron chi connectivity index (χ2n) is 6.59. The van der Waals surface area contributed by atoms with E-state index in [1.165, 1.54) is 0 Å². The SMILES string of the molecule is CC1CCN(c2ccc([N+](=O)[O-])cc2C(=S)Nc2ccc(Cl)cc2)CC1. The third kappa shape index (κ3) is 4.31. The Bertz CT molecular complexity index is 818. The number of thiocarbonyl (C=S) groups is 1. The van der Waals surface area contributed by atoms with E-state index in [0.29, 0.717) is 21.5 Å². The molecule has 136 valence electrons. The number of hydrogen-bond donors (Lipinski definition) is 1. The molecule has 7 heteroatoms. The van der Waals surface area contributed by atoms with Crippen molar-refractivity contribution >= 4 is 45.9 Å². The van der Waals surface area contributed by atoms with E-state index < -0.39 is 4.92 Å². The zero-order chi connectivity index (χ0) is 18.7. The Kier molecular flexibility index (Phi) is 5.74. The molecule has 0 radical (unpaired) electrons. The molecule has 0 unspecified atom stereocenters. The zero-order valence-corrected chi connectivity index (χ0v) is 16.0. The number of piperidine rings is 1. The van der Waals surface area contributed by atoms with Crippen LogP contribution in [0.25, 0.3) is 0 Å². The quantitative estimate of drug-likeness (QED) is 0.438. The van der Waals surface area contributed by atoms with Crippen LogP contribution in [-0.4, -0.2) is 23.0 Å². The summed E-state index contributed by atoms with van der Waals surface area (Å²) in [4.78, 5) is 13.5. The standard InChI is InChI=1S/C19H20ClN3O2S/c1-13-8-10-22(11-9-13)18-7-6-16(23(24)25)12-17(18)19(26)21-15-4-2-14(20)3-5-15/h2-7,12-13H,8-11H2,1H3,(H,21,26). The van der Waals surface area contributed by atoms with Crippen LogP contribution in [0, 0.1) is 16.0 Å². The average molecular weight is 390 g/mol. The smallest absolute Gasteiger partial charge is 0.270 e. The molecular weight excluding hydrogens is 370 g/mol. The third-order valence-corrected chi connectivity index (χ3v) is 5.24. The van der Waals surface area contributed by atoms with Crippen molar-refractivity contribution in [3.8, 4) is 0 Å². The molecule has 0 aliphatic carbocycles.